The standard InChI is InChI=1S/C16H27ClN2/c1-5-10-18(3)11-12-19(4)13-14(2)15-8-6-7-9-16(15)17/h6-9,14H,5,10-13H2,1-4H3/t14-/m0/s1. The van der Waals surface area contributed by atoms with Gasteiger partial charge in [-0.25, -0.2) is 0 Å². The normalized spacial score (nSPS) is 13.2. The van der Waals surface area contributed by atoms with Crippen LogP contribution in [-0.2, 0) is 0 Å². The van der Waals surface area contributed by atoms with Crippen LogP contribution < -0.4 is 0 Å². The minimum Gasteiger partial charge on any atom is -0.305 e. The maximum absolute atomic E-state index is 6.24. The number of halogens is 1. The van der Waals surface area contributed by atoms with Crippen LogP contribution in [0.15, 0.2) is 24.3 Å². The largest absolute Gasteiger partial charge is 0.305 e. The summed E-state index contributed by atoms with van der Waals surface area (Å²) in [4.78, 5) is 4.77. The highest BCUT2D eigenvalue weighted by atomic mass is 35.5. The summed E-state index contributed by atoms with van der Waals surface area (Å²) in [5.41, 5.74) is 1.25. The molecular weight excluding hydrogens is 256 g/mol. The molecule has 2 nitrogen and oxygen atoms in total. The van der Waals surface area contributed by atoms with E-state index in [9.17, 15) is 0 Å². The summed E-state index contributed by atoms with van der Waals surface area (Å²) in [5, 5.41) is 0.881. The lowest BCUT2D eigenvalue weighted by molar-refractivity contribution is 0.250. The van der Waals surface area contributed by atoms with Crippen molar-refractivity contribution in [1.82, 2.24) is 9.80 Å². The molecule has 0 aromatic heterocycles. The first-order valence-corrected chi connectivity index (χ1v) is 7.54. The van der Waals surface area contributed by atoms with Crippen LogP contribution in [0.2, 0.25) is 5.02 Å². The van der Waals surface area contributed by atoms with Gasteiger partial charge in [-0.2, -0.15) is 0 Å². The smallest absolute Gasteiger partial charge is 0.0441 e. The van der Waals surface area contributed by atoms with Gasteiger partial charge in [0.2, 0.25) is 0 Å². The van der Waals surface area contributed by atoms with E-state index in [4.69, 9.17) is 11.6 Å². The lowest BCUT2D eigenvalue weighted by atomic mass is 10.0. The first-order chi connectivity index (χ1) is 9.04. The summed E-state index contributed by atoms with van der Waals surface area (Å²) >= 11 is 6.24. The Bertz CT molecular complexity index is 368. The third-order valence-electron chi connectivity index (χ3n) is 3.49. The van der Waals surface area contributed by atoms with Gasteiger partial charge >= 0.3 is 0 Å². The van der Waals surface area contributed by atoms with Crippen molar-refractivity contribution in [2.75, 3.05) is 40.3 Å². The molecule has 0 aliphatic heterocycles. The van der Waals surface area contributed by atoms with E-state index in [1.54, 1.807) is 0 Å². The van der Waals surface area contributed by atoms with Crippen LogP contribution >= 0.6 is 11.6 Å². The summed E-state index contributed by atoms with van der Waals surface area (Å²) in [7, 11) is 4.38. The third-order valence-corrected chi connectivity index (χ3v) is 3.83. The van der Waals surface area contributed by atoms with Crippen molar-refractivity contribution >= 4 is 11.6 Å². The van der Waals surface area contributed by atoms with Crippen molar-refractivity contribution in [2.24, 2.45) is 0 Å². The van der Waals surface area contributed by atoms with E-state index >= 15 is 0 Å². The molecule has 0 radical (unpaired) electrons. The minimum atomic E-state index is 0.468. The van der Waals surface area contributed by atoms with E-state index in [0.29, 0.717) is 5.92 Å². The van der Waals surface area contributed by atoms with Crippen molar-refractivity contribution < 1.29 is 0 Å². The van der Waals surface area contributed by atoms with E-state index in [0.717, 1.165) is 24.7 Å². The molecule has 0 aliphatic carbocycles. The van der Waals surface area contributed by atoms with Crippen molar-refractivity contribution in [3.63, 3.8) is 0 Å². The molecule has 1 atom stereocenters. The van der Waals surface area contributed by atoms with Gasteiger partial charge < -0.3 is 9.80 Å². The molecule has 3 heteroatoms. The molecule has 0 N–H and O–H groups in total. The van der Waals surface area contributed by atoms with E-state index in [1.807, 2.05) is 12.1 Å². The zero-order valence-corrected chi connectivity index (χ0v) is 13.5. The van der Waals surface area contributed by atoms with E-state index in [-0.39, 0.29) is 0 Å². The van der Waals surface area contributed by atoms with Gasteiger partial charge in [0.15, 0.2) is 0 Å². The molecule has 108 valence electrons. The topological polar surface area (TPSA) is 6.48 Å². The Balaban J connectivity index is 2.40. The van der Waals surface area contributed by atoms with Gasteiger partial charge in [0.1, 0.15) is 0 Å². The first kappa shape index (κ1) is 16.5. The molecule has 0 amide bonds. The Morgan fingerprint density at radius 2 is 1.68 bits per heavy atom. The number of hydrogen-bond donors (Lipinski definition) is 0. The lowest BCUT2D eigenvalue weighted by Gasteiger charge is -2.24. The summed E-state index contributed by atoms with van der Waals surface area (Å²) < 4.78 is 0. The summed E-state index contributed by atoms with van der Waals surface area (Å²) in [6, 6.07) is 8.15. The van der Waals surface area contributed by atoms with Crippen LogP contribution in [0.1, 0.15) is 31.7 Å². The number of benzene rings is 1. The van der Waals surface area contributed by atoms with Crippen LogP contribution in [0.25, 0.3) is 0 Å². The second-order valence-electron chi connectivity index (χ2n) is 5.49. The Labute approximate surface area is 123 Å². The van der Waals surface area contributed by atoms with Crippen LogP contribution in [-0.4, -0.2) is 50.1 Å². The summed E-state index contributed by atoms with van der Waals surface area (Å²) in [6.45, 7) is 8.91. The Kier molecular flexibility index (Phi) is 7.44. The van der Waals surface area contributed by atoms with E-state index in [2.05, 4.69) is 49.9 Å². The SMILES string of the molecule is CCCN(C)CCN(C)C[C@H](C)c1ccccc1Cl. The number of nitrogens with zero attached hydrogens (tertiary/aromatic N) is 2. The van der Waals surface area contributed by atoms with Gasteiger partial charge in [0, 0.05) is 24.7 Å². The molecule has 0 saturated carbocycles. The highest BCUT2D eigenvalue weighted by Gasteiger charge is 2.11. The lowest BCUT2D eigenvalue weighted by Crippen LogP contribution is -2.33. The van der Waals surface area contributed by atoms with Gasteiger partial charge in [0.25, 0.3) is 0 Å². The molecule has 0 fully saturated rings. The molecule has 0 saturated heterocycles. The van der Waals surface area contributed by atoms with Gasteiger partial charge in [-0.1, -0.05) is 43.6 Å². The fraction of sp³-hybridized carbons (Fsp3) is 0.625. The summed E-state index contributed by atoms with van der Waals surface area (Å²) in [6.07, 6.45) is 1.22. The first-order valence-electron chi connectivity index (χ1n) is 7.16. The second kappa shape index (κ2) is 8.57. The van der Waals surface area contributed by atoms with Crippen molar-refractivity contribution in [2.45, 2.75) is 26.2 Å². The molecule has 0 unspecified atom stereocenters. The molecule has 0 spiro atoms. The van der Waals surface area contributed by atoms with Crippen molar-refractivity contribution in [3.05, 3.63) is 34.9 Å². The molecular formula is C16H27ClN2. The maximum Gasteiger partial charge on any atom is 0.0441 e. The van der Waals surface area contributed by atoms with Crippen LogP contribution in [0.3, 0.4) is 0 Å². The average Bonchev–Trinajstić information content (AvgIpc) is 2.37. The Hall–Kier alpha value is -0.570. The fourth-order valence-corrected chi connectivity index (χ4v) is 2.69. The van der Waals surface area contributed by atoms with Gasteiger partial charge in [-0.05, 0) is 44.6 Å². The third kappa shape index (κ3) is 5.94. The Morgan fingerprint density at radius 1 is 1.05 bits per heavy atom. The highest BCUT2D eigenvalue weighted by Crippen LogP contribution is 2.24. The molecule has 1 aromatic rings. The van der Waals surface area contributed by atoms with E-state index < -0.39 is 0 Å². The van der Waals surface area contributed by atoms with Crippen LogP contribution in [0.4, 0.5) is 0 Å². The zero-order valence-electron chi connectivity index (χ0n) is 12.7. The predicted molar refractivity (Wildman–Crippen MR) is 85.2 cm³/mol. The average molecular weight is 283 g/mol. The molecule has 1 rings (SSSR count). The molecule has 0 heterocycles. The maximum atomic E-state index is 6.24. The van der Waals surface area contributed by atoms with Crippen LogP contribution in [0.5, 0.6) is 0 Å². The molecule has 1 aromatic carbocycles. The zero-order chi connectivity index (χ0) is 14.3. The van der Waals surface area contributed by atoms with Gasteiger partial charge in [0.05, 0.1) is 0 Å². The molecule has 0 aliphatic rings. The second-order valence-corrected chi connectivity index (χ2v) is 5.90. The van der Waals surface area contributed by atoms with Crippen molar-refractivity contribution in [1.29, 1.82) is 0 Å². The minimum absolute atomic E-state index is 0.468. The monoisotopic (exact) mass is 282 g/mol. The Morgan fingerprint density at radius 3 is 2.32 bits per heavy atom. The quantitative estimate of drug-likeness (QED) is 0.717. The van der Waals surface area contributed by atoms with E-state index in [1.165, 1.54) is 18.5 Å². The van der Waals surface area contributed by atoms with Crippen molar-refractivity contribution in [3.8, 4) is 0 Å². The number of hydrogen-bond acceptors (Lipinski definition) is 2. The van der Waals surface area contributed by atoms with Gasteiger partial charge in [-0.15, -0.1) is 0 Å². The number of rotatable bonds is 8. The predicted octanol–water partition coefficient (Wildman–Crippen LogP) is 3.72. The number of likely N-dealkylation sites (N-methyl/N-ethyl adjacent to an activating group) is 2. The highest BCUT2D eigenvalue weighted by molar-refractivity contribution is 6.31. The van der Waals surface area contributed by atoms with Gasteiger partial charge in [-0.3, -0.25) is 0 Å². The summed E-state index contributed by atoms with van der Waals surface area (Å²) in [5.74, 6) is 0.468. The fourth-order valence-electron chi connectivity index (χ4n) is 2.37. The molecule has 0 bridgehead atoms. The molecule has 19 heavy (non-hydrogen) atoms. The van der Waals surface area contributed by atoms with Crippen LogP contribution in [0, 0.1) is 0 Å².